The Morgan fingerprint density at radius 1 is 0.373 bits per heavy atom. The molecule has 9 aromatic carbocycles. The zero-order chi connectivity index (χ0) is 44.8. The van der Waals surface area contributed by atoms with Crippen LogP contribution in [0.1, 0.15) is 52.7 Å². The average molecular weight is 860 g/mol. The standard InChI is InChI=1S/C62H45N5/c1-61(2,3)37-30-46-43-26-24-34-16-10-13-21-41(34)55(43)66-56(46)48(32-37)53-59(66)63-54-49-33-38(62(4,5)6)31-47-52-40-20-12-11-17-35(40)28-44(58(52)67(57(47)49)60(54)64-53)36-25-27-51-45(29-36)42-22-14-15-23-50(42)65(51)39-18-8-7-9-19-39/h7-33H,1-6H3. The van der Waals surface area contributed by atoms with Crippen molar-refractivity contribution in [1.82, 2.24) is 23.3 Å². The molecule has 0 fully saturated rings. The summed E-state index contributed by atoms with van der Waals surface area (Å²) < 4.78 is 7.32. The Balaban J connectivity index is 1.14. The largest absolute Gasteiger partial charge is 0.309 e. The van der Waals surface area contributed by atoms with Crippen LogP contribution >= 0.6 is 0 Å². The maximum atomic E-state index is 5.93. The van der Waals surface area contributed by atoms with Crippen LogP contribution in [0.5, 0.6) is 0 Å². The molecule has 0 N–H and O–H groups in total. The third-order valence-electron chi connectivity index (χ3n) is 15.1. The van der Waals surface area contributed by atoms with E-state index in [-0.39, 0.29) is 10.8 Å². The van der Waals surface area contributed by atoms with Gasteiger partial charge >= 0.3 is 0 Å². The summed E-state index contributed by atoms with van der Waals surface area (Å²) in [6, 6.07) is 61.0. The zero-order valence-electron chi connectivity index (χ0n) is 38.3. The quantitative estimate of drug-likeness (QED) is 0.174. The van der Waals surface area contributed by atoms with Crippen LogP contribution in [0.2, 0.25) is 0 Å². The Labute approximate surface area is 385 Å². The molecule has 0 aliphatic carbocycles. The van der Waals surface area contributed by atoms with Crippen molar-refractivity contribution in [2.45, 2.75) is 52.4 Å². The van der Waals surface area contributed by atoms with E-state index in [4.69, 9.17) is 9.97 Å². The number of nitrogens with zero attached hydrogens (tertiary/aromatic N) is 5. The third kappa shape index (κ3) is 4.78. The minimum Gasteiger partial charge on any atom is -0.309 e. The minimum absolute atomic E-state index is 0.0737. The lowest BCUT2D eigenvalue weighted by molar-refractivity contribution is 0.591. The predicted octanol–water partition coefficient (Wildman–Crippen LogP) is 16.4. The van der Waals surface area contributed by atoms with Crippen molar-refractivity contribution >= 4 is 120 Å². The van der Waals surface area contributed by atoms with Crippen molar-refractivity contribution in [1.29, 1.82) is 0 Å². The molecule has 0 unspecified atom stereocenters. The van der Waals surface area contributed by atoms with Crippen molar-refractivity contribution in [2.24, 2.45) is 0 Å². The molecule has 5 heteroatoms. The summed E-state index contributed by atoms with van der Waals surface area (Å²) in [5, 5.41) is 14.7. The number of hydrogen-bond acceptors (Lipinski definition) is 2. The van der Waals surface area contributed by atoms with E-state index in [1.165, 1.54) is 109 Å². The van der Waals surface area contributed by atoms with Gasteiger partial charge in [0, 0.05) is 59.7 Å². The van der Waals surface area contributed by atoms with Gasteiger partial charge in [-0.2, -0.15) is 0 Å². The van der Waals surface area contributed by atoms with Crippen LogP contribution in [0.15, 0.2) is 164 Å². The molecule has 15 rings (SSSR count). The summed E-state index contributed by atoms with van der Waals surface area (Å²) in [6.07, 6.45) is 0. The Morgan fingerprint density at radius 3 is 1.64 bits per heavy atom. The molecule has 318 valence electrons. The van der Waals surface area contributed by atoms with Gasteiger partial charge in [-0.3, -0.25) is 8.80 Å². The fourth-order valence-electron chi connectivity index (χ4n) is 11.9. The Morgan fingerprint density at radius 2 is 0.925 bits per heavy atom. The second-order valence-electron chi connectivity index (χ2n) is 21.1. The maximum Gasteiger partial charge on any atom is 0.165 e. The van der Waals surface area contributed by atoms with Crippen molar-refractivity contribution < 1.29 is 0 Å². The fraction of sp³-hybridized carbons (Fsp3) is 0.129. The molecule has 0 spiro atoms. The molecule has 0 aliphatic heterocycles. The number of para-hydroxylation sites is 2. The monoisotopic (exact) mass is 859 g/mol. The average Bonchev–Trinajstić information content (AvgIpc) is 4.13. The lowest BCUT2D eigenvalue weighted by Gasteiger charge is -2.19. The number of fused-ring (bicyclic) bond motifs is 19. The van der Waals surface area contributed by atoms with Gasteiger partial charge in [0.1, 0.15) is 11.0 Å². The summed E-state index contributed by atoms with van der Waals surface area (Å²) in [4.78, 5) is 11.8. The lowest BCUT2D eigenvalue weighted by atomic mass is 9.85. The minimum atomic E-state index is -0.112. The van der Waals surface area contributed by atoms with Gasteiger partial charge < -0.3 is 4.57 Å². The summed E-state index contributed by atoms with van der Waals surface area (Å²) in [5.41, 5.74) is 16.7. The highest BCUT2D eigenvalue weighted by Gasteiger charge is 2.30. The Hall–Kier alpha value is -8.02. The van der Waals surface area contributed by atoms with E-state index in [0.29, 0.717) is 0 Å². The van der Waals surface area contributed by atoms with Crippen molar-refractivity contribution in [3.8, 4) is 16.8 Å². The molecular weight excluding hydrogens is 815 g/mol. The van der Waals surface area contributed by atoms with Gasteiger partial charge in [-0.15, -0.1) is 0 Å². The molecule has 6 aromatic heterocycles. The number of rotatable bonds is 2. The molecule has 0 bridgehead atoms. The van der Waals surface area contributed by atoms with Crippen LogP contribution in [0.3, 0.4) is 0 Å². The van der Waals surface area contributed by atoms with E-state index in [1.807, 2.05) is 0 Å². The van der Waals surface area contributed by atoms with E-state index < -0.39 is 0 Å². The molecular formula is C62H45N5. The van der Waals surface area contributed by atoms with E-state index in [0.717, 1.165) is 38.8 Å². The number of hydrogen-bond donors (Lipinski definition) is 0. The third-order valence-corrected chi connectivity index (χ3v) is 15.1. The van der Waals surface area contributed by atoms with Crippen molar-refractivity contribution in [3.63, 3.8) is 0 Å². The second kappa shape index (κ2) is 12.4. The molecule has 0 saturated heterocycles. The smallest absolute Gasteiger partial charge is 0.165 e. The topological polar surface area (TPSA) is 39.5 Å². The molecule has 0 amide bonds. The molecule has 6 heterocycles. The summed E-state index contributed by atoms with van der Waals surface area (Å²) in [5.74, 6) is 0. The SMILES string of the molecule is CC(C)(C)c1cc2c3nc4c(nc3n3c5c(-c6ccc7c(c6)c6ccccc6n7-c6ccccc6)cc6ccccc6c5c(c1)c23)c1cc(C(C)(C)C)cc2c3ccc5ccccc5c3n4c21. The van der Waals surface area contributed by atoms with Gasteiger partial charge in [-0.05, 0) is 104 Å². The zero-order valence-corrected chi connectivity index (χ0v) is 38.3. The first-order valence-corrected chi connectivity index (χ1v) is 23.6. The van der Waals surface area contributed by atoms with Crippen LogP contribution in [0, 0.1) is 0 Å². The molecule has 0 atom stereocenters. The van der Waals surface area contributed by atoms with Crippen LogP contribution in [-0.2, 0) is 10.8 Å². The first-order valence-electron chi connectivity index (χ1n) is 23.6. The first-order chi connectivity index (χ1) is 32.5. The summed E-state index contributed by atoms with van der Waals surface area (Å²) in [6.45, 7) is 13.9. The molecule has 0 saturated carbocycles. The fourth-order valence-corrected chi connectivity index (χ4v) is 11.9. The molecule has 5 nitrogen and oxygen atoms in total. The second-order valence-corrected chi connectivity index (χ2v) is 21.1. The van der Waals surface area contributed by atoms with Crippen molar-refractivity contribution in [2.75, 3.05) is 0 Å². The van der Waals surface area contributed by atoms with E-state index in [1.54, 1.807) is 0 Å². The predicted molar refractivity (Wildman–Crippen MR) is 284 cm³/mol. The van der Waals surface area contributed by atoms with Crippen LogP contribution in [-0.4, -0.2) is 23.3 Å². The number of benzene rings is 9. The van der Waals surface area contributed by atoms with E-state index in [9.17, 15) is 0 Å². The molecule has 0 aliphatic rings. The number of aromatic nitrogens is 5. The molecule has 15 aromatic rings. The van der Waals surface area contributed by atoms with Gasteiger partial charge in [0.25, 0.3) is 0 Å². The van der Waals surface area contributed by atoms with Crippen molar-refractivity contribution in [3.05, 3.63) is 175 Å². The van der Waals surface area contributed by atoms with Crippen LogP contribution in [0.25, 0.3) is 137 Å². The normalized spacial score (nSPS) is 13.2. The van der Waals surface area contributed by atoms with Gasteiger partial charge in [0.05, 0.1) is 33.1 Å². The summed E-state index contributed by atoms with van der Waals surface area (Å²) in [7, 11) is 0. The Bertz CT molecular complexity index is 4620. The highest BCUT2D eigenvalue weighted by atomic mass is 15.1. The van der Waals surface area contributed by atoms with Gasteiger partial charge in [-0.1, -0.05) is 145 Å². The van der Waals surface area contributed by atoms with E-state index in [2.05, 4.69) is 219 Å². The Kier molecular flexibility index (Phi) is 6.92. The highest BCUT2D eigenvalue weighted by Crippen LogP contribution is 2.49. The summed E-state index contributed by atoms with van der Waals surface area (Å²) >= 11 is 0. The highest BCUT2D eigenvalue weighted by molar-refractivity contribution is 6.32. The van der Waals surface area contributed by atoms with Gasteiger partial charge in [-0.25, -0.2) is 9.97 Å². The van der Waals surface area contributed by atoms with Gasteiger partial charge in [0.2, 0.25) is 0 Å². The molecule has 67 heavy (non-hydrogen) atoms. The maximum absolute atomic E-state index is 5.93. The molecule has 0 radical (unpaired) electrons. The van der Waals surface area contributed by atoms with E-state index >= 15 is 0 Å². The van der Waals surface area contributed by atoms with Crippen LogP contribution in [0.4, 0.5) is 0 Å². The van der Waals surface area contributed by atoms with Crippen LogP contribution < -0.4 is 0 Å². The van der Waals surface area contributed by atoms with Gasteiger partial charge in [0.15, 0.2) is 11.3 Å². The lowest BCUT2D eigenvalue weighted by Crippen LogP contribution is -2.10. The first kappa shape index (κ1) is 37.2.